The van der Waals surface area contributed by atoms with Crippen LogP contribution in [0, 0.1) is 22.7 Å². The van der Waals surface area contributed by atoms with Gasteiger partial charge in [0.25, 0.3) is 0 Å². The van der Waals surface area contributed by atoms with Gasteiger partial charge in [-0.1, -0.05) is 32.5 Å². The number of fused-ring (bicyclic) bond motifs is 1. The maximum atomic E-state index is 12.5. The number of rotatable bonds is 5. The quantitative estimate of drug-likeness (QED) is 0.546. The number of carbonyl (C=O) groups is 1. The van der Waals surface area contributed by atoms with Crippen LogP contribution in [0.2, 0.25) is 0 Å². The van der Waals surface area contributed by atoms with Gasteiger partial charge in [-0.15, -0.1) is 16.4 Å². The lowest BCUT2D eigenvalue weighted by Crippen LogP contribution is -2.26. The van der Waals surface area contributed by atoms with Crippen LogP contribution in [0.15, 0.2) is 28.0 Å². The Hall–Kier alpha value is -2.57. The number of H-pyrrole nitrogens is 1. The van der Waals surface area contributed by atoms with Crippen molar-refractivity contribution >= 4 is 34.0 Å². The molecule has 0 aliphatic heterocycles. The zero-order chi connectivity index (χ0) is 21.3. The third-order valence-electron chi connectivity index (χ3n) is 5.41. The van der Waals surface area contributed by atoms with E-state index in [1.54, 1.807) is 29.7 Å². The number of hydrogen-bond acceptors (Lipinski definition) is 7. The fourth-order valence-corrected chi connectivity index (χ4v) is 5.55. The lowest BCUT2D eigenvalue weighted by atomic mass is 9.72. The molecule has 0 radical (unpaired) electrons. The molecule has 7 nitrogen and oxygen atoms in total. The van der Waals surface area contributed by atoms with Crippen LogP contribution in [0.3, 0.4) is 0 Å². The second kappa shape index (κ2) is 8.28. The lowest BCUT2D eigenvalue weighted by Gasteiger charge is -2.33. The lowest BCUT2D eigenvalue weighted by molar-refractivity contribution is -0.113. The number of furan rings is 1. The Bertz CT molecular complexity index is 1090. The van der Waals surface area contributed by atoms with Gasteiger partial charge in [-0.05, 0) is 48.3 Å². The molecule has 1 aliphatic rings. The number of amides is 1. The molecule has 156 valence electrons. The minimum absolute atomic E-state index is 0.160. The zero-order valence-electron chi connectivity index (χ0n) is 17.1. The molecule has 30 heavy (non-hydrogen) atoms. The third kappa shape index (κ3) is 4.30. The van der Waals surface area contributed by atoms with Gasteiger partial charge in [0, 0.05) is 4.88 Å². The number of nitrogens with zero attached hydrogens (tertiary/aromatic N) is 3. The van der Waals surface area contributed by atoms with Crippen LogP contribution in [-0.4, -0.2) is 26.8 Å². The maximum absolute atomic E-state index is 12.5. The van der Waals surface area contributed by atoms with Crippen molar-refractivity contribution in [1.82, 2.24) is 15.2 Å². The number of thiophene rings is 1. The predicted octanol–water partition coefficient (Wildman–Crippen LogP) is 4.88. The number of aromatic amines is 1. The molecule has 1 atom stereocenters. The van der Waals surface area contributed by atoms with Gasteiger partial charge in [0.2, 0.25) is 11.1 Å². The zero-order valence-corrected chi connectivity index (χ0v) is 18.7. The van der Waals surface area contributed by atoms with Gasteiger partial charge in [-0.25, -0.2) is 0 Å². The molecule has 3 aromatic rings. The first-order chi connectivity index (χ1) is 14.3. The molecule has 0 spiro atoms. The molecule has 0 unspecified atom stereocenters. The van der Waals surface area contributed by atoms with Crippen molar-refractivity contribution in [2.24, 2.45) is 11.3 Å². The first-order valence-corrected chi connectivity index (χ1v) is 11.6. The van der Waals surface area contributed by atoms with Gasteiger partial charge >= 0.3 is 0 Å². The van der Waals surface area contributed by atoms with Crippen LogP contribution in [0.5, 0.6) is 0 Å². The smallest absolute Gasteiger partial charge is 0.235 e. The van der Waals surface area contributed by atoms with Crippen molar-refractivity contribution in [1.29, 1.82) is 5.26 Å². The van der Waals surface area contributed by atoms with E-state index < -0.39 is 0 Å². The molecule has 0 saturated heterocycles. The third-order valence-corrected chi connectivity index (χ3v) is 7.42. The molecular weight excluding hydrogens is 418 g/mol. The van der Waals surface area contributed by atoms with E-state index in [1.165, 1.54) is 16.6 Å². The first kappa shape index (κ1) is 20.7. The highest BCUT2D eigenvalue weighted by molar-refractivity contribution is 7.99. The molecule has 0 saturated carbocycles. The van der Waals surface area contributed by atoms with Crippen molar-refractivity contribution in [2.75, 3.05) is 11.1 Å². The van der Waals surface area contributed by atoms with Crippen molar-refractivity contribution in [2.45, 2.75) is 45.2 Å². The highest BCUT2D eigenvalue weighted by Gasteiger charge is 2.32. The average molecular weight is 442 g/mol. The highest BCUT2D eigenvalue weighted by atomic mass is 32.2. The van der Waals surface area contributed by atoms with Crippen molar-refractivity contribution in [3.63, 3.8) is 0 Å². The summed E-state index contributed by atoms with van der Waals surface area (Å²) in [6, 6.07) is 5.86. The van der Waals surface area contributed by atoms with Crippen LogP contribution < -0.4 is 5.32 Å². The van der Waals surface area contributed by atoms with Crippen molar-refractivity contribution < 1.29 is 9.21 Å². The first-order valence-electron chi connectivity index (χ1n) is 9.78. The number of carbonyl (C=O) groups excluding carboxylic acids is 1. The average Bonchev–Trinajstić information content (AvgIpc) is 3.43. The predicted molar refractivity (Wildman–Crippen MR) is 117 cm³/mol. The molecule has 0 aromatic carbocycles. The van der Waals surface area contributed by atoms with Gasteiger partial charge < -0.3 is 9.73 Å². The van der Waals surface area contributed by atoms with Crippen LogP contribution >= 0.6 is 23.1 Å². The molecule has 1 aliphatic carbocycles. The van der Waals surface area contributed by atoms with Gasteiger partial charge in [-0.2, -0.15) is 10.2 Å². The van der Waals surface area contributed by atoms with E-state index in [0.717, 1.165) is 24.8 Å². The van der Waals surface area contributed by atoms with E-state index in [9.17, 15) is 10.1 Å². The van der Waals surface area contributed by atoms with Crippen molar-refractivity contribution in [3.8, 4) is 17.7 Å². The van der Waals surface area contributed by atoms with Gasteiger partial charge in [0.05, 0.1) is 17.6 Å². The summed E-state index contributed by atoms with van der Waals surface area (Å²) in [6.07, 6.45) is 4.51. The number of thioether (sulfide) groups is 1. The molecular formula is C21H23N5O2S2. The van der Waals surface area contributed by atoms with E-state index in [4.69, 9.17) is 4.42 Å². The van der Waals surface area contributed by atoms with Crippen molar-refractivity contribution in [3.05, 3.63) is 34.4 Å². The summed E-state index contributed by atoms with van der Waals surface area (Å²) in [6.45, 7) is 6.80. The van der Waals surface area contributed by atoms with E-state index in [0.29, 0.717) is 33.2 Å². The molecule has 9 heteroatoms. The molecule has 3 heterocycles. The maximum Gasteiger partial charge on any atom is 0.235 e. The Balaban J connectivity index is 1.40. The summed E-state index contributed by atoms with van der Waals surface area (Å²) in [5.41, 5.74) is 1.97. The summed E-state index contributed by atoms with van der Waals surface area (Å²) < 4.78 is 5.28. The largest absolute Gasteiger partial charge is 0.461 e. The second-order valence-corrected chi connectivity index (χ2v) is 10.5. The van der Waals surface area contributed by atoms with Crippen LogP contribution in [0.25, 0.3) is 11.6 Å². The molecule has 3 aromatic heterocycles. The second-order valence-electron chi connectivity index (χ2n) is 8.41. The molecule has 0 bridgehead atoms. The monoisotopic (exact) mass is 441 g/mol. The number of anilines is 1. The molecule has 4 rings (SSSR count). The number of nitrogens with one attached hydrogen (secondary N) is 2. The van der Waals surface area contributed by atoms with Crippen LogP contribution in [-0.2, 0) is 17.6 Å². The topological polar surface area (TPSA) is 108 Å². The summed E-state index contributed by atoms with van der Waals surface area (Å²) in [7, 11) is 0. The molecule has 1 amide bonds. The standard InChI is InChI=1S/C21H23N5O2S2/c1-21(2,3)12-6-7-13-14(10-22)19(30-16(13)9-12)23-17(27)11-29-20-24-18(25-26-20)15-5-4-8-28-15/h4-5,8,12H,6-7,9,11H2,1-3H3,(H,23,27)(H,24,25,26)/t12-/m0/s1. The minimum atomic E-state index is -0.174. The number of aromatic nitrogens is 3. The molecule has 2 N–H and O–H groups in total. The molecule has 0 fully saturated rings. The summed E-state index contributed by atoms with van der Waals surface area (Å²) in [5, 5.41) is 20.6. The SMILES string of the molecule is CC(C)(C)[C@H]1CCc2c(sc(NC(=O)CSc3n[nH]c(-c4ccco4)n3)c2C#N)C1. The highest BCUT2D eigenvalue weighted by Crippen LogP contribution is 2.44. The Labute approximate surface area is 183 Å². The van der Waals surface area contributed by atoms with Gasteiger partial charge in [0.1, 0.15) is 11.1 Å². The number of hydrogen-bond donors (Lipinski definition) is 2. The fraction of sp³-hybridized carbons (Fsp3) is 0.429. The minimum Gasteiger partial charge on any atom is -0.461 e. The van der Waals surface area contributed by atoms with E-state index in [-0.39, 0.29) is 17.1 Å². The van der Waals surface area contributed by atoms with Gasteiger partial charge in [0.15, 0.2) is 11.6 Å². The van der Waals surface area contributed by atoms with Crippen LogP contribution in [0.4, 0.5) is 5.00 Å². The van der Waals surface area contributed by atoms with Gasteiger partial charge in [-0.3, -0.25) is 9.89 Å². The Morgan fingerprint density at radius 2 is 2.33 bits per heavy atom. The number of nitriles is 1. The summed E-state index contributed by atoms with van der Waals surface area (Å²) >= 11 is 2.78. The fourth-order valence-electron chi connectivity index (χ4n) is 3.66. The Kier molecular flexibility index (Phi) is 5.71. The van der Waals surface area contributed by atoms with E-state index >= 15 is 0 Å². The Morgan fingerprint density at radius 1 is 1.50 bits per heavy atom. The summed E-state index contributed by atoms with van der Waals surface area (Å²) in [4.78, 5) is 18.1. The van der Waals surface area contributed by atoms with Crippen LogP contribution in [0.1, 0.15) is 43.2 Å². The van der Waals surface area contributed by atoms with E-state index in [2.05, 4.69) is 47.3 Å². The Morgan fingerprint density at radius 3 is 3.03 bits per heavy atom. The summed E-state index contributed by atoms with van der Waals surface area (Å²) in [5.74, 6) is 1.69. The normalized spacial score (nSPS) is 16.1. The van der Waals surface area contributed by atoms with E-state index in [1.807, 2.05) is 0 Å².